The molecule has 0 saturated heterocycles. The maximum Gasteiger partial charge on any atom is 0.150 e. The normalized spacial score (nSPS) is 16.4. The third kappa shape index (κ3) is 3.08. The fourth-order valence-electron chi connectivity index (χ4n) is 3.54. The van der Waals surface area contributed by atoms with Gasteiger partial charge in [-0.05, 0) is 18.1 Å². The van der Waals surface area contributed by atoms with Crippen molar-refractivity contribution in [3.63, 3.8) is 0 Å². The second-order valence-electron chi connectivity index (χ2n) is 6.78. The highest BCUT2D eigenvalue weighted by Crippen LogP contribution is 2.35. The Balaban J connectivity index is 1.43. The van der Waals surface area contributed by atoms with Crippen LogP contribution in [0.5, 0.6) is 0 Å². The number of nitrogens with one attached hydrogen (secondary N) is 1. The van der Waals surface area contributed by atoms with Gasteiger partial charge in [-0.1, -0.05) is 37.3 Å². The molecule has 136 valence electrons. The fourth-order valence-corrected chi connectivity index (χ4v) is 4.54. The summed E-state index contributed by atoms with van der Waals surface area (Å²) in [6, 6.07) is 12.9. The van der Waals surface area contributed by atoms with E-state index in [0.29, 0.717) is 6.04 Å². The number of anilines is 1. The van der Waals surface area contributed by atoms with Gasteiger partial charge in [-0.2, -0.15) is 5.10 Å². The van der Waals surface area contributed by atoms with Gasteiger partial charge in [-0.3, -0.25) is 0 Å². The summed E-state index contributed by atoms with van der Waals surface area (Å²) in [5, 5.41) is 9.31. The highest BCUT2D eigenvalue weighted by Gasteiger charge is 2.22. The molecule has 0 saturated carbocycles. The van der Waals surface area contributed by atoms with Crippen molar-refractivity contribution in [2.45, 2.75) is 38.8 Å². The standard InChI is InChI=1S/C20H20N6S/c1-2-17-24-18-9-8-14(11-26(18)25-17)23-19-15-10-16(13-6-4-3-5-7-13)27-20(15)22-12-21-19/h3-7,10,12,14H,2,8-9,11H2,1H3,(H,21,22,23). The molecule has 6 nitrogen and oxygen atoms in total. The molecule has 1 aromatic carbocycles. The van der Waals surface area contributed by atoms with E-state index in [0.717, 1.165) is 53.5 Å². The summed E-state index contributed by atoms with van der Waals surface area (Å²) < 4.78 is 2.04. The average Bonchev–Trinajstić information content (AvgIpc) is 3.33. The van der Waals surface area contributed by atoms with Gasteiger partial charge in [0.2, 0.25) is 0 Å². The minimum Gasteiger partial charge on any atom is -0.365 e. The van der Waals surface area contributed by atoms with E-state index >= 15 is 0 Å². The molecular formula is C20H20N6S. The molecule has 5 rings (SSSR count). The molecule has 0 aliphatic carbocycles. The third-order valence-corrected chi connectivity index (χ3v) is 6.04. The summed E-state index contributed by atoms with van der Waals surface area (Å²) in [6.07, 6.45) is 4.50. The number of fused-ring (bicyclic) bond motifs is 2. The first-order chi connectivity index (χ1) is 13.3. The first-order valence-corrected chi connectivity index (χ1v) is 10.1. The predicted molar refractivity (Wildman–Crippen MR) is 108 cm³/mol. The zero-order valence-electron chi connectivity index (χ0n) is 15.1. The van der Waals surface area contributed by atoms with Crippen molar-refractivity contribution in [2.75, 3.05) is 5.32 Å². The molecule has 27 heavy (non-hydrogen) atoms. The average molecular weight is 376 g/mol. The first-order valence-electron chi connectivity index (χ1n) is 9.29. The predicted octanol–water partition coefficient (Wildman–Crippen LogP) is 3.94. The van der Waals surface area contributed by atoms with Crippen molar-refractivity contribution in [1.29, 1.82) is 0 Å². The summed E-state index contributed by atoms with van der Waals surface area (Å²) in [5.74, 6) is 2.93. The molecule has 4 heterocycles. The molecule has 0 fully saturated rings. The van der Waals surface area contributed by atoms with Gasteiger partial charge in [-0.25, -0.2) is 19.6 Å². The van der Waals surface area contributed by atoms with Gasteiger partial charge in [0.25, 0.3) is 0 Å². The molecule has 1 aliphatic heterocycles. The lowest BCUT2D eigenvalue weighted by molar-refractivity contribution is 0.440. The lowest BCUT2D eigenvalue weighted by Gasteiger charge is -2.24. The highest BCUT2D eigenvalue weighted by molar-refractivity contribution is 7.21. The molecule has 1 unspecified atom stereocenters. The molecule has 0 spiro atoms. The first kappa shape index (κ1) is 16.4. The van der Waals surface area contributed by atoms with Crippen LogP contribution in [0.25, 0.3) is 20.7 Å². The topological polar surface area (TPSA) is 68.5 Å². The molecule has 4 aromatic rings. The minimum absolute atomic E-state index is 0.294. The van der Waals surface area contributed by atoms with Gasteiger partial charge < -0.3 is 5.32 Å². The van der Waals surface area contributed by atoms with Crippen molar-refractivity contribution in [1.82, 2.24) is 24.7 Å². The van der Waals surface area contributed by atoms with E-state index in [1.54, 1.807) is 17.7 Å². The molecule has 3 aromatic heterocycles. The number of hydrogen-bond donors (Lipinski definition) is 1. The van der Waals surface area contributed by atoms with Gasteiger partial charge in [0.1, 0.15) is 22.8 Å². The molecular weight excluding hydrogens is 356 g/mol. The Morgan fingerprint density at radius 3 is 2.96 bits per heavy atom. The van der Waals surface area contributed by atoms with Gasteiger partial charge in [0, 0.05) is 23.8 Å². The van der Waals surface area contributed by atoms with Crippen LogP contribution in [0.15, 0.2) is 42.7 Å². The lowest BCUT2D eigenvalue weighted by atomic mass is 10.1. The van der Waals surface area contributed by atoms with E-state index in [4.69, 9.17) is 0 Å². The number of hydrogen-bond acceptors (Lipinski definition) is 6. The van der Waals surface area contributed by atoms with Crippen LogP contribution < -0.4 is 5.32 Å². The molecule has 1 N–H and O–H groups in total. The summed E-state index contributed by atoms with van der Waals surface area (Å²) in [6.45, 7) is 2.92. The Labute approximate surface area is 161 Å². The van der Waals surface area contributed by atoms with E-state index in [9.17, 15) is 0 Å². The Morgan fingerprint density at radius 1 is 1.22 bits per heavy atom. The van der Waals surface area contributed by atoms with Crippen molar-refractivity contribution >= 4 is 27.4 Å². The van der Waals surface area contributed by atoms with Crippen LogP contribution in [0.4, 0.5) is 5.82 Å². The quantitative estimate of drug-likeness (QED) is 0.584. The maximum atomic E-state index is 4.60. The number of aryl methyl sites for hydroxylation is 2. The van der Waals surface area contributed by atoms with Crippen LogP contribution in [0, 0.1) is 0 Å². The smallest absolute Gasteiger partial charge is 0.150 e. The van der Waals surface area contributed by atoms with Gasteiger partial charge in [0.05, 0.1) is 11.9 Å². The van der Waals surface area contributed by atoms with E-state index in [2.05, 4.69) is 62.6 Å². The van der Waals surface area contributed by atoms with E-state index in [-0.39, 0.29) is 0 Å². The second kappa shape index (κ2) is 6.74. The van der Waals surface area contributed by atoms with Crippen molar-refractivity contribution in [3.8, 4) is 10.4 Å². The van der Waals surface area contributed by atoms with Gasteiger partial charge in [0.15, 0.2) is 5.82 Å². The zero-order valence-corrected chi connectivity index (χ0v) is 15.9. The number of thiophene rings is 1. The van der Waals surface area contributed by atoms with Crippen molar-refractivity contribution < 1.29 is 0 Å². The highest BCUT2D eigenvalue weighted by atomic mass is 32.1. The summed E-state index contributed by atoms with van der Waals surface area (Å²) in [7, 11) is 0. The Bertz CT molecular complexity index is 1080. The largest absolute Gasteiger partial charge is 0.365 e. The molecule has 1 atom stereocenters. The summed E-state index contributed by atoms with van der Waals surface area (Å²) >= 11 is 1.70. The SMILES string of the molecule is CCc1nc2n(n1)CC(Nc1ncnc3sc(-c4ccccc4)cc13)CC2. The third-order valence-electron chi connectivity index (χ3n) is 4.95. The second-order valence-corrected chi connectivity index (χ2v) is 7.81. The number of aromatic nitrogens is 5. The molecule has 1 aliphatic rings. The Hall–Kier alpha value is -2.80. The summed E-state index contributed by atoms with van der Waals surface area (Å²) in [4.78, 5) is 15.8. The fraction of sp³-hybridized carbons (Fsp3) is 0.300. The van der Waals surface area contributed by atoms with Crippen LogP contribution in [0.1, 0.15) is 25.0 Å². The Kier molecular flexibility index (Phi) is 4.09. The number of rotatable bonds is 4. The van der Waals surface area contributed by atoms with Crippen LogP contribution in [-0.2, 0) is 19.4 Å². The minimum atomic E-state index is 0.294. The number of benzene rings is 1. The van der Waals surface area contributed by atoms with Crippen molar-refractivity contribution in [3.05, 3.63) is 54.4 Å². The van der Waals surface area contributed by atoms with E-state index in [1.807, 2.05) is 10.7 Å². The van der Waals surface area contributed by atoms with Crippen molar-refractivity contribution in [2.24, 2.45) is 0 Å². The van der Waals surface area contributed by atoms with Crippen LogP contribution in [0.3, 0.4) is 0 Å². The molecule has 0 bridgehead atoms. The van der Waals surface area contributed by atoms with E-state index < -0.39 is 0 Å². The lowest BCUT2D eigenvalue weighted by Crippen LogP contribution is -2.32. The maximum absolute atomic E-state index is 4.60. The van der Waals surface area contributed by atoms with Crippen LogP contribution in [-0.4, -0.2) is 30.8 Å². The number of nitrogens with zero attached hydrogens (tertiary/aromatic N) is 5. The molecule has 0 radical (unpaired) electrons. The van der Waals surface area contributed by atoms with Gasteiger partial charge >= 0.3 is 0 Å². The van der Waals surface area contributed by atoms with Gasteiger partial charge in [-0.15, -0.1) is 11.3 Å². The monoisotopic (exact) mass is 376 g/mol. The molecule has 7 heteroatoms. The Morgan fingerprint density at radius 2 is 2.11 bits per heavy atom. The van der Waals surface area contributed by atoms with E-state index in [1.165, 1.54) is 10.4 Å². The summed E-state index contributed by atoms with van der Waals surface area (Å²) in [5.41, 5.74) is 1.21. The molecule has 0 amide bonds. The van der Waals surface area contributed by atoms with Crippen LogP contribution >= 0.6 is 11.3 Å². The van der Waals surface area contributed by atoms with Crippen LogP contribution in [0.2, 0.25) is 0 Å². The zero-order chi connectivity index (χ0) is 18.2.